The van der Waals surface area contributed by atoms with Crippen LogP contribution in [0, 0.1) is 0 Å². The number of rotatable bonds is 10. The van der Waals surface area contributed by atoms with Crippen LogP contribution in [0.15, 0.2) is 18.2 Å². The zero-order valence-corrected chi connectivity index (χ0v) is 12.8. The molecule has 0 fully saturated rings. The molecule has 4 heteroatoms. The number of hydrogen-bond acceptors (Lipinski definition) is 4. The Morgan fingerprint density at radius 3 is 2.52 bits per heavy atom. The number of unbranched alkanes of at least 4 members (excludes halogenated alkanes) is 4. The van der Waals surface area contributed by atoms with Crippen LogP contribution in [0.25, 0.3) is 0 Å². The van der Waals surface area contributed by atoms with Crippen molar-refractivity contribution >= 4 is 5.97 Å². The molecule has 0 saturated heterocycles. The van der Waals surface area contributed by atoms with Gasteiger partial charge in [0.2, 0.25) is 0 Å². The fourth-order valence-corrected chi connectivity index (χ4v) is 2.13. The van der Waals surface area contributed by atoms with E-state index in [9.17, 15) is 15.0 Å². The molecule has 0 saturated carbocycles. The summed E-state index contributed by atoms with van der Waals surface area (Å²) in [5, 5.41) is 18.6. The molecule has 0 heterocycles. The van der Waals surface area contributed by atoms with E-state index >= 15 is 0 Å². The maximum Gasteiger partial charge on any atom is 0.305 e. The Bertz CT molecular complexity index is 429. The first-order valence-corrected chi connectivity index (χ1v) is 7.80. The maximum absolute atomic E-state index is 11.5. The lowest BCUT2D eigenvalue weighted by Gasteiger charge is -2.06. The summed E-state index contributed by atoms with van der Waals surface area (Å²) in [5.41, 5.74) is 0.918. The number of ether oxygens (including phenoxy) is 1. The summed E-state index contributed by atoms with van der Waals surface area (Å²) in [7, 11) is 0. The lowest BCUT2D eigenvalue weighted by Crippen LogP contribution is -2.06. The van der Waals surface area contributed by atoms with E-state index in [1.807, 2.05) is 0 Å². The van der Waals surface area contributed by atoms with Crippen LogP contribution in [-0.4, -0.2) is 22.8 Å². The Hall–Kier alpha value is -1.71. The van der Waals surface area contributed by atoms with Gasteiger partial charge in [-0.15, -0.1) is 0 Å². The van der Waals surface area contributed by atoms with Gasteiger partial charge in [0, 0.05) is 6.42 Å². The number of hydrogen-bond donors (Lipinski definition) is 2. The van der Waals surface area contributed by atoms with Crippen molar-refractivity contribution in [3.8, 4) is 11.5 Å². The first-order chi connectivity index (χ1) is 10.1. The van der Waals surface area contributed by atoms with E-state index in [4.69, 9.17) is 4.74 Å². The van der Waals surface area contributed by atoms with Crippen molar-refractivity contribution < 1.29 is 19.7 Å². The van der Waals surface area contributed by atoms with Gasteiger partial charge in [0.1, 0.15) is 0 Å². The normalized spacial score (nSPS) is 10.5. The topological polar surface area (TPSA) is 66.8 Å². The van der Waals surface area contributed by atoms with E-state index in [0.29, 0.717) is 25.9 Å². The Labute approximate surface area is 126 Å². The fraction of sp³-hybridized carbons (Fsp3) is 0.588. The van der Waals surface area contributed by atoms with Crippen molar-refractivity contribution in [2.75, 3.05) is 6.61 Å². The van der Waals surface area contributed by atoms with Crippen molar-refractivity contribution in [3.63, 3.8) is 0 Å². The molecule has 0 aliphatic rings. The van der Waals surface area contributed by atoms with Gasteiger partial charge in [-0.25, -0.2) is 0 Å². The van der Waals surface area contributed by atoms with Crippen LogP contribution < -0.4 is 0 Å². The monoisotopic (exact) mass is 294 g/mol. The van der Waals surface area contributed by atoms with Crippen molar-refractivity contribution in [3.05, 3.63) is 23.8 Å². The number of carbonyl (C=O) groups is 1. The van der Waals surface area contributed by atoms with E-state index in [-0.39, 0.29) is 17.5 Å². The van der Waals surface area contributed by atoms with Gasteiger partial charge >= 0.3 is 5.97 Å². The number of benzene rings is 1. The molecule has 0 amide bonds. The minimum Gasteiger partial charge on any atom is -0.504 e. The van der Waals surface area contributed by atoms with Crippen LogP contribution in [0.1, 0.15) is 57.4 Å². The van der Waals surface area contributed by atoms with Gasteiger partial charge in [-0.1, -0.05) is 38.7 Å². The molecular weight excluding hydrogens is 268 g/mol. The highest BCUT2D eigenvalue weighted by Gasteiger charge is 2.04. The van der Waals surface area contributed by atoms with Crippen molar-refractivity contribution in [2.45, 2.75) is 58.3 Å². The third-order valence-corrected chi connectivity index (χ3v) is 3.40. The van der Waals surface area contributed by atoms with Gasteiger partial charge in [-0.3, -0.25) is 4.79 Å². The lowest BCUT2D eigenvalue weighted by molar-refractivity contribution is -0.143. The SMILES string of the molecule is CCCCCCCC(=O)OCCCc1ccc(O)c(O)c1. The summed E-state index contributed by atoms with van der Waals surface area (Å²) in [6.45, 7) is 2.57. The summed E-state index contributed by atoms with van der Waals surface area (Å²) in [4.78, 5) is 11.5. The number of phenols is 2. The molecule has 1 rings (SSSR count). The maximum atomic E-state index is 11.5. The van der Waals surface area contributed by atoms with Gasteiger partial charge in [-0.05, 0) is 37.0 Å². The van der Waals surface area contributed by atoms with Gasteiger partial charge in [0.25, 0.3) is 0 Å². The van der Waals surface area contributed by atoms with E-state index in [1.165, 1.54) is 31.4 Å². The number of aromatic hydroxyl groups is 2. The average molecular weight is 294 g/mol. The zero-order chi connectivity index (χ0) is 15.5. The molecule has 1 aromatic rings. The predicted molar refractivity (Wildman–Crippen MR) is 82.4 cm³/mol. The van der Waals surface area contributed by atoms with E-state index in [2.05, 4.69) is 6.92 Å². The molecule has 0 aromatic heterocycles. The largest absolute Gasteiger partial charge is 0.504 e. The summed E-state index contributed by atoms with van der Waals surface area (Å²) in [6.07, 6.45) is 7.55. The average Bonchev–Trinajstić information content (AvgIpc) is 2.47. The minimum absolute atomic E-state index is 0.114. The third kappa shape index (κ3) is 7.59. The first kappa shape index (κ1) is 17.3. The van der Waals surface area contributed by atoms with Crippen LogP contribution in [0.4, 0.5) is 0 Å². The van der Waals surface area contributed by atoms with Crippen molar-refractivity contribution in [1.82, 2.24) is 0 Å². The smallest absolute Gasteiger partial charge is 0.305 e. The molecule has 0 radical (unpaired) electrons. The van der Waals surface area contributed by atoms with Crippen LogP contribution >= 0.6 is 0 Å². The Morgan fingerprint density at radius 2 is 1.81 bits per heavy atom. The molecule has 0 aliphatic carbocycles. The van der Waals surface area contributed by atoms with Crippen LogP contribution in [0.2, 0.25) is 0 Å². The van der Waals surface area contributed by atoms with Crippen LogP contribution in [-0.2, 0) is 16.0 Å². The van der Waals surface area contributed by atoms with Crippen molar-refractivity contribution in [2.24, 2.45) is 0 Å². The number of aryl methyl sites for hydroxylation is 1. The van der Waals surface area contributed by atoms with Gasteiger partial charge in [0.05, 0.1) is 6.61 Å². The highest BCUT2D eigenvalue weighted by atomic mass is 16.5. The minimum atomic E-state index is -0.125. The first-order valence-electron chi connectivity index (χ1n) is 7.80. The third-order valence-electron chi connectivity index (χ3n) is 3.40. The molecule has 118 valence electrons. The van der Waals surface area contributed by atoms with Gasteiger partial charge in [-0.2, -0.15) is 0 Å². The van der Waals surface area contributed by atoms with Gasteiger partial charge in [0.15, 0.2) is 11.5 Å². The lowest BCUT2D eigenvalue weighted by atomic mass is 10.1. The summed E-state index contributed by atoms with van der Waals surface area (Å²) in [6, 6.07) is 4.75. The molecular formula is C17H26O4. The quantitative estimate of drug-likeness (QED) is 0.390. The Kier molecular flexibility index (Phi) is 8.32. The van der Waals surface area contributed by atoms with E-state index < -0.39 is 0 Å². The second kappa shape index (κ2) is 10.1. The molecule has 0 spiro atoms. The molecule has 4 nitrogen and oxygen atoms in total. The number of esters is 1. The second-order valence-electron chi connectivity index (χ2n) is 5.31. The standard InChI is InChI=1S/C17H26O4/c1-2-3-4-5-6-9-17(20)21-12-7-8-14-10-11-15(18)16(19)13-14/h10-11,13,18-19H,2-9,12H2,1H3. The molecule has 0 aliphatic heterocycles. The summed E-state index contributed by atoms with van der Waals surface area (Å²) in [5.74, 6) is -0.357. The van der Waals surface area contributed by atoms with Crippen molar-refractivity contribution in [1.29, 1.82) is 0 Å². The zero-order valence-electron chi connectivity index (χ0n) is 12.8. The molecule has 21 heavy (non-hydrogen) atoms. The highest BCUT2D eigenvalue weighted by molar-refractivity contribution is 5.69. The predicted octanol–water partition coefficient (Wildman–Crippen LogP) is 3.93. The second-order valence-corrected chi connectivity index (χ2v) is 5.31. The van der Waals surface area contributed by atoms with Crippen LogP contribution in [0.3, 0.4) is 0 Å². The Balaban J connectivity index is 2.07. The summed E-state index contributed by atoms with van der Waals surface area (Å²) < 4.78 is 5.17. The molecule has 0 atom stereocenters. The van der Waals surface area contributed by atoms with Crippen LogP contribution in [0.5, 0.6) is 11.5 Å². The van der Waals surface area contributed by atoms with Gasteiger partial charge < -0.3 is 14.9 Å². The molecule has 0 unspecified atom stereocenters. The fourth-order valence-electron chi connectivity index (χ4n) is 2.13. The molecule has 2 N–H and O–H groups in total. The Morgan fingerprint density at radius 1 is 1.05 bits per heavy atom. The van der Waals surface area contributed by atoms with E-state index in [1.54, 1.807) is 6.07 Å². The molecule has 0 bridgehead atoms. The highest BCUT2D eigenvalue weighted by Crippen LogP contribution is 2.25. The number of carbonyl (C=O) groups excluding carboxylic acids is 1. The summed E-state index contributed by atoms with van der Waals surface area (Å²) >= 11 is 0. The number of phenolic OH excluding ortho intramolecular Hbond substituents is 2. The molecule has 1 aromatic carbocycles. The van der Waals surface area contributed by atoms with E-state index in [0.717, 1.165) is 18.4 Å².